The van der Waals surface area contributed by atoms with Crippen LogP contribution in [-0.2, 0) is 0 Å². The van der Waals surface area contributed by atoms with E-state index >= 15 is 0 Å². The highest BCUT2D eigenvalue weighted by atomic mass is 16.2. The van der Waals surface area contributed by atoms with Crippen LogP contribution >= 0.6 is 0 Å². The average Bonchev–Trinajstić information content (AvgIpc) is 3.05. The molecular formula is C15H19N5O. The highest BCUT2D eigenvalue weighted by Crippen LogP contribution is 2.28. The summed E-state index contributed by atoms with van der Waals surface area (Å²) in [6.45, 7) is 5.56. The molecule has 1 aromatic heterocycles. The van der Waals surface area contributed by atoms with E-state index in [0.717, 1.165) is 29.9 Å². The molecule has 1 aliphatic rings. The molecule has 1 saturated heterocycles. The molecule has 6 nitrogen and oxygen atoms in total. The molecule has 0 saturated carbocycles. The second-order valence-corrected chi connectivity index (χ2v) is 5.47. The van der Waals surface area contributed by atoms with Crippen molar-refractivity contribution in [2.24, 2.45) is 0 Å². The molecule has 1 aromatic carbocycles. The van der Waals surface area contributed by atoms with Gasteiger partial charge in [0.15, 0.2) is 0 Å². The van der Waals surface area contributed by atoms with Crippen LogP contribution < -0.4 is 10.6 Å². The predicted molar refractivity (Wildman–Crippen MR) is 83.0 cm³/mol. The molecule has 0 spiro atoms. The Morgan fingerprint density at radius 2 is 1.95 bits per heavy atom. The summed E-state index contributed by atoms with van der Waals surface area (Å²) < 4.78 is 0. The fraction of sp³-hybridized carbons (Fsp3) is 0.333. The summed E-state index contributed by atoms with van der Waals surface area (Å²) in [5.41, 5.74) is 8.59. The van der Waals surface area contributed by atoms with Crippen molar-refractivity contribution in [3.05, 3.63) is 30.5 Å². The second-order valence-electron chi connectivity index (χ2n) is 5.47. The first-order chi connectivity index (χ1) is 10.1. The normalized spacial score (nSPS) is 15.3. The van der Waals surface area contributed by atoms with Crippen molar-refractivity contribution < 1.29 is 4.79 Å². The number of amides is 2. The van der Waals surface area contributed by atoms with Crippen molar-refractivity contribution in [1.29, 1.82) is 0 Å². The van der Waals surface area contributed by atoms with Crippen LogP contribution in [0.4, 0.5) is 16.3 Å². The van der Waals surface area contributed by atoms with Crippen LogP contribution in [0.1, 0.15) is 13.8 Å². The zero-order chi connectivity index (χ0) is 15.0. The Morgan fingerprint density at radius 1 is 1.24 bits per heavy atom. The highest BCUT2D eigenvalue weighted by Gasteiger charge is 2.30. The lowest BCUT2D eigenvalue weighted by molar-refractivity contribution is 0.209. The summed E-state index contributed by atoms with van der Waals surface area (Å²) in [5, 5.41) is 6.64. The molecule has 0 aliphatic carbocycles. The van der Waals surface area contributed by atoms with E-state index in [1.54, 1.807) is 6.20 Å². The van der Waals surface area contributed by atoms with Crippen LogP contribution in [0, 0.1) is 0 Å². The largest absolute Gasteiger partial charge is 0.384 e. The smallest absolute Gasteiger partial charge is 0.324 e. The summed E-state index contributed by atoms with van der Waals surface area (Å²) in [4.78, 5) is 16.0. The number of hydrogen-bond donors (Lipinski definition) is 2. The molecule has 3 rings (SSSR count). The number of carbonyl (C=O) groups excluding carboxylic acids is 1. The van der Waals surface area contributed by atoms with Gasteiger partial charge in [0.05, 0.1) is 6.20 Å². The van der Waals surface area contributed by atoms with Crippen molar-refractivity contribution >= 4 is 17.5 Å². The molecular weight excluding hydrogens is 266 g/mol. The molecule has 0 bridgehead atoms. The van der Waals surface area contributed by atoms with Crippen molar-refractivity contribution in [1.82, 2.24) is 15.1 Å². The first-order valence-corrected chi connectivity index (χ1v) is 7.05. The van der Waals surface area contributed by atoms with E-state index in [0.29, 0.717) is 5.82 Å². The van der Waals surface area contributed by atoms with E-state index in [2.05, 4.69) is 10.2 Å². The number of nitrogens with zero attached hydrogens (tertiary/aromatic N) is 3. The highest BCUT2D eigenvalue weighted by molar-refractivity contribution is 5.94. The number of urea groups is 1. The number of nitrogens with one attached hydrogen (secondary N) is 1. The number of H-pyrrole nitrogens is 1. The lowest BCUT2D eigenvalue weighted by Gasteiger charge is -2.21. The second kappa shape index (κ2) is 5.12. The lowest BCUT2D eigenvalue weighted by Crippen LogP contribution is -2.36. The van der Waals surface area contributed by atoms with E-state index in [-0.39, 0.29) is 12.1 Å². The number of anilines is 2. The number of carbonyl (C=O) groups is 1. The van der Waals surface area contributed by atoms with Crippen molar-refractivity contribution in [2.45, 2.75) is 19.9 Å². The molecule has 2 heterocycles. The molecule has 1 aliphatic heterocycles. The maximum absolute atomic E-state index is 12.3. The van der Waals surface area contributed by atoms with Crippen LogP contribution in [0.25, 0.3) is 11.1 Å². The van der Waals surface area contributed by atoms with E-state index in [9.17, 15) is 4.79 Å². The standard InChI is InChI=1S/C15H19N5O/c1-10(2)19-7-8-20(15(19)21)12-5-3-11(4-6-12)13-9-17-18-14(13)16/h3-6,9-10H,7-8H2,1-2H3,(H3,16,17,18). The summed E-state index contributed by atoms with van der Waals surface area (Å²) in [7, 11) is 0. The van der Waals surface area contributed by atoms with Gasteiger partial charge in [-0.3, -0.25) is 10.00 Å². The molecule has 1 fully saturated rings. The number of benzene rings is 1. The first kappa shape index (κ1) is 13.5. The van der Waals surface area contributed by atoms with Gasteiger partial charge >= 0.3 is 6.03 Å². The monoisotopic (exact) mass is 285 g/mol. The zero-order valence-corrected chi connectivity index (χ0v) is 12.2. The van der Waals surface area contributed by atoms with Gasteiger partial charge in [0, 0.05) is 30.4 Å². The maximum Gasteiger partial charge on any atom is 0.324 e. The van der Waals surface area contributed by atoms with Gasteiger partial charge < -0.3 is 10.6 Å². The van der Waals surface area contributed by atoms with Crippen LogP contribution in [0.5, 0.6) is 0 Å². The summed E-state index contributed by atoms with van der Waals surface area (Å²) in [5.74, 6) is 0.547. The molecule has 0 atom stereocenters. The van der Waals surface area contributed by atoms with Gasteiger partial charge in [0.25, 0.3) is 0 Å². The van der Waals surface area contributed by atoms with Crippen LogP contribution in [0.2, 0.25) is 0 Å². The van der Waals surface area contributed by atoms with E-state index < -0.39 is 0 Å². The van der Waals surface area contributed by atoms with Gasteiger partial charge in [-0.1, -0.05) is 12.1 Å². The molecule has 2 amide bonds. The SMILES string of the molecule is CC(C)N1CCN(c2ccc(-c3cn[nH]c3N)cc2)C1=O. The molecule has 0 unspecified atom stereocenters. The number of aromatic nitrogens is 2. The van der Waals surface area contributed by atoms with E-state index in [1.807, 2.05) is 47.9 Å². The quantitative estimate of drug-likeness (QED) is 0.908. The molecule has 0 radical (unpaired) electrons. The topological polar surface area (TPSA) is 78.2 Å². The zero-order valence-electron chi connectivity index (χ0n) is 12.2. The molecule has 21 heavy (non-hydrogen) atoms. The van der Waals surface area contributed by atoms with Crippen LogP contribution in [0.15, 0.2) is 30.5 Å². The third kappa shape index (κ3) is 2.33. The third-order valence-electron chi connectivity index (χ3n) is 3.82. The lowest BCUT2D eigenvalue weighted by atomic mass is 10.1. The minimum Gasteiger partial charge on any atom is -0.384 e. The minimum absolute atomic E-state index is 0.0700. The van der Waals surface area contributed by atoms with E-state index in [1.165, 1.54) is 0 Å². The Morgan fingerprint density at radius 3 is 2.48 bits per heavy atom. The average molecular weight is 285 g/mol. The minimum atomic E-state index is 0.0700. The number of nitrogens with two attached hydrogens (primary N) is 1. The molecule has 110 valence electrons. The van der Waals surface area contributed by atoms with Crippen LogP contribution in [-0.4, -0.2) is 40.3 Å². The molecule has 3 N–H and O–H groups in total. The fourth-order valence-electron chi connectivity index (χ4n) is 2.62. The third-order valence-corrected chi connectivity index (χ3v) is 3.82. The molecule has 6 heteroatoms. The first-order valence-electron chi connectivity index (χ1n) is 7.05. The number of aromatic amines is 1. The van der Waals surface area contributed by atoms with Crippen molar-refractivity contribution in [2.75, 3.05) is 23.7 Å². The fourth-order valence-corrected chi connectivity index (χ4v) is 2.62. The summed E-state index contributed by atoms with van der Waals surface area (Å²) >= 11 is 0. The Bertz CT molecular complexity index is 646. The van der Waals surface area contributed by atoms with Crippen molar-refractivity contribution in [3.63, 3.8) is 0 Å². The Labute approximate surface area is 123 Å². The summed E-state index contributed by atoms with van der Waals surface area (Å²) in [6, 6.07) is 8.12. The number of hydrogen-bond acceptors (Lipinski definition) is 3. The van der Waals surface area contributed by atoms with Gasteiger partial charge in [-0.2, -0.15) is 5.10 Å². The van der Waals surface area contributed by atoms with Gasteiger partial charge in [0.2, 0.25) is 0 Å². The number of rotatable bonds is 3. The van der Waals surface area contributed by atoms with E-state index in [4.69, 9.17) is 5.73 Å². The van der Waals surface area contributed by atoms with Gasteiger partial charge in [-0.05, 0) is 31.5 Å². The molecule has 2 aromatic rings. The van der Waals surface area contributed by atoms with Gasteiger partial charge in [-0.15, -0.1) is 0 Å². The number of nitrogen functional groups attached to an aromatic ring is 1. The van der Waals surface area contributed by atoms with Crippen molar-refractivity contribution in [3.8, 4) is 11.1 Å². The predicted octanol–water partition coefficient (Wildman–Crippen LogP) is 2.31. The summed E-state index contributed by atoms with van der Waals surface area (Å²) in [6.07, 6.45) is 1.70. The van der Waals surface area contributed by atoms with Gasteiger partial charge in [-0.25, -0.2) is 4.79 Å². The maximum atomic E-state index is 12.3. The Balaban J connectivity index is 1.82. The van der Waals surface area contributed by atoms with Gasteiger partial charge in [0.1, 0.15) is 5.82 Å². The Hall–Kier alpha value is -2.50. The Kier molecular flexibility index (Phi) is 3.29. The van der Waals surface area contributed by atoms with Crippen LogP contribution in [0.3, 0.4) is 0 Å².